The SMILES string of the molecule is NCCCc1cn(-c2ccccc2I)nn1. The number of benzene rings is 1. The average molecular weight is 328 g/mol. The van der Waals surface area contributed by atoms with E-state index in [4.69, 9.17) is 5.73 Å². The molecule has 0 unspecified atom stereocenters. The molecule has 16 heavy (non-hydrogen) atoms. The van der Waals surface area contributed by atoms with Gasteiger partial charge in [-0.2, -0.15) is 0 Å². The number of aryl methyl sites for hydroxylation is 1. The normalized spacial score (nSPS) is 10.6. The zero-order valence-corrected chi connectivity index (χ0v) is 11.0. The summed E-state index contributed by atoms with van der Waals surface area (Å²) in [6.45, 7) is 0.690. The first-order valence-corrected chi connectivity index (χ1v) is 6.25. The van der Waals surface area contributed by atoms with E-state index >= 15 is 0 Å². The summed E-state index contributed by atoms with van der Waals surface area (Å²) in [6, 6.07) is 8.09. The van der Waals surface area contributed by atoms with Crippen molar-refractivity contribution in [2.24, 2.45) is 5.73 Å². The number of rotatable bonds is 4. The highest BCUT2D eigenvalue weighted by molar-refractivity contribution is 14.1. The van der Waals surface area contributed by atoms with Crippen LogP contribution in [0.25, 0.3) is 5.69 Å². The molecule has 0 radical (unpaired) electrons. The van der Waals surface area contributed by atoms with E-state index < -0.39 is 0 Å². The van der Waals surface area contributed by atoms with Gasteiger partial charge in [0.15, 0.2) is 0 Å². The van der Waals surface area contributed by atoms with Crippen LogP contribution in [0.5, 0.6) is 0 Å². The molecule has 0 atom stereocenters. The maximum Gasteiger partial charge on any atom is 0.0832 e. The number of nitrogens with zero attached hydrogens (tertiary/aromatic N) is 3. The number of nitrogens with two attached hydrogens (primary N) is 1. The van der Waals surface area contributed by atoms with Crippen molar-refractivity contribution in [2.75, 3.05) is 6.54 Å². The molecule has 0 aliphatic heterocycles. The van der Waals surface area contributed by atoms with E-state index in [1.165, 1.54) is 0 Å². The zero-order valence-electron chi connectivity index (χ0n) is 8.81. The quantitative estimate of drug-likeness (QED) is 0.870. The Morgan fingerprint density at radius 1 is 1.31 bits per heavy atom. The predicted molar refractivity (Wildman–Crippen MR) is 71.5 cm³/mol. The van der Waals surface area contributed by atoms with E-state index in [0.29, 0.717) is 6.54 Å². The second-order valence-electron chi connectivity index (χ2n) is 3.50. The molecule has 2 rings (SSSR count). The van der Waals surface area contributed by atoms with Gasteiger partial charge in [-0.3, -0.25) is 0 Å². The molecule has 2 N–H and O–H groups in total. The molecule has 1 aromatic carbocycles. The Hall–Kier alpha value is -0.950. The van der Waals surface area contributed by atoms with Crippen LogP contribution in [0.15, 0.2) is 30.5 Å². The molecule has 0 fully saturated rings. The van der Waals surface area contributed by atoms with Gasteiger partial charge in [0.25, 0.3) is 0 Å². The standard InChI is InChI=1S/C11H13IN4/c12-10-5-1-2-6-11(10)16-8-9(14-15-16)4-3-7-13/h1-2,5-6,8H,3-4,7,13H2. The summed E-state index contributed by atoms with van der Waals surface area (Å²) in [5, 5.41) is 8.25. The average Bonchev–Trinajstić information content (AvgIpc) is 2.75. The third-order valence-corrected chi connectivity index (χ3v) is 3.19. The number of aromatic nitrogens is 3. The lowest BCUT2D eigenvalue weighted by atomic mass is 10.2. The monoisotopic (exact) mass is 328 g/mol. The van der Waals surface area contributed by atoms with Crippen LogP contribution >= 0.6 is 22.6 Å². The summed E-state index contributed by atoms with van der Waals surface area (Å²) in [5.74, 6) is 0. The predicted octanol–water partition coefficient (Wildman–Crippen LogP) is 1.76. The van der Waals surface area contributed by atoms with Crippen molar-refractivity contribution < 1.29 is 0 Å². The minimum atomic E-state index is 0.690. The lowest BCUT2D eigenvalue weighted by Crippen LogP contribution is -2.00. The van der Waals surface area contributed by atoms with Crippen LogP contribution in [0.1, 0.15) is 12.1 Å². The molecular weight excluding hydrogens is 315 g/mol. The highest BCUT2D eigenvalue weighted by Gasteiger charge is 2.04. The molecule has 1 heterocycles. The van der Waals surface area contributed by atoms with Gasteiger partial charge in [0.05, 0.1) is 17.6 Å². The van der Waals surface area contributed by atoms with Crippen LogP contribution in [0.4, 0.5) is 0 Å². The highest BCUT2D eigenvalue weighted by atomic mass is 127. The minimum Gasteiger partial charge on any atom is -0.330 e. The van der Waals surface area contributed by atoms with Crippen molar-refractivity contribution in [1.29, 1.82) is 0 Å². The first-order valence-electron chi connectivity index (χ1n) is 5.17. The molecule has 2 aromatic rings. The molecule has 0 spiro atoms. The lowest BCUT2D eigenvalue weighted by Gasteiger charge is -2.01. The molecule has 5 heteroatoms. The summed E-state index contributed by atoms with van der Waals surface area (Å²) >= 11 is 2.29. The molecule has 1 aromatic heterocycles. The van der Waals surface area contributed by atoms with Gasteiger partial charge >= 0.3 is 0 Å². The van der Waals surface area contributed by atoms with Crippen LogP contribution in [-0.2, 0) is 6.42 Å². The van der Waals surface area contributed by atoms with E-state index in [0.717, 1.165) is 27.8 Å². The van der Waals surface area contributed by atoms with Crippen LogP contribution in [0.2, 0.25) is 0 Å². The van der Waals surface area contributed by atoms with Crippen molar-refractivity contribution in [3.05, 3.63) is 39.7 Å². The molecule has 4 nitrogen and oxygen atoms in total. The summed E-state index contributed by atoms with van der Waals surface area (Å²) in [5.41, 5.74) is 7.52. The summed E-state index contributed by atoms with van der Waals surface area (Å²) < 4.78 is 2.98. The van der Waals surface area contributed by atoms with Crippen molar-refractivity contribution in [1.82, 2.24) is 15.0 Å². The molecule has 0 amide bonds. The third kappa shape index (κ3) is 2.59. The molecular formula is C11H13IN4. The number of hydrogen-bond acceptors (Lipinski definition) is 3. The third-order valence-electron chi connectivity index (χ3n) is 2.28. The Morgan fingerprint density at radius 3 is 2.88 bits per heavy atom. The molecule has 0 saturated carbocycles. The minimum absolute atomic E-state index is 0.690. The maximum absolute atomic E-state index is 5.46. The van der Waals surface area contributed by atoms with Crippen molar-refractivity contribution in [2.45, 2.75) is 12.8 Å². The molecule has 0 saturated heterocycles. The molecule has 0 bridgehead atoms. The Labute approximate surface area is 108 Å². The summed E-state index contributed by atoms with van der Waals surface area (Å²) in [6.07, 6.45) is 3.80. The fourth-order valence-corrected chi connectivity index (χ4v) is 2.09. The fraction of sp³-hybridized carbons (Fsp3) is 0.273. The van der Waals surface area contributed by atoms with Crippen LogP contribution in [0, 0.1) is 3.57 Å². The topological polar surface area (TPSA) is 56.7 Å². The molecule has 0 aliphatic carbocycles. The fourth-order valence-electron chi connectivity index (χ4n) is 1.45. The second kappa shape index (κ2) is 5.40. The van der Waals surface area contributed by atoms with Gasteiger partial charge < -0.3 is 5.73 Å². The van der Waals surface area contributed by atoms with E-state index in [1.54, 1.807) is 0 Å². The van der Waals surface area contributed by atoms with Gasteiger partial charge in [0.2, 0.25) is 0 Å². The Kier molecular flexibility index (Phi) is 3.89. The van der Waals surface area contributed by atoms with Gasteiger partial charge in [-0.1, -0.05) is 17.3 Å². The smallest absolute Gasteiger partial charge is 0.0832 e. The first kappa shape index (κ1) is 11.5. The summed E-state index contributed by atoms with van der Waals surface area (Å²) in [7, 11) is 0. The van der Waals surface area contributed by atoms with Gasteiger partial charge in [0.1, 0.15) is 0 Å². The van der Waals surface area contributed by atoms with E-state index in [9.17, 15) is 0 Å². The highest BCUT2D eigenvalue weighted by Crippen LogP contribution is 2.15. The Morgan fingerprint density at radius 2 is 2.12 bits per heavy atom. The van der Waals surface area contributed by atoms with Gasteiger partial charge in [-0.05, 0) is 54.1 Å². The molecule has 84 valence electrons. The molecule has 0 aliphatic rings. The zero-order chi connectivity index (χ0) is 11.4. The van der Waals surface area contributed by atoms with Gasteiger partial charge in [0, 0.05) is 3.57 Å². The van der Waals surface area contributed by atoms with Gasteiger partial charge in [-0.15, -0.1) is 5.10 Å². The second-order valence-corrected chi connectivity index (χ2v) is 4.66. The number of para-hydroxylation sites is 1. The van der Waals surface area contributed by atoms with E-state index in [1.807, 2.05) is 29.1 Å². The van der Waals surface area contributed by atoms with Crippen LogP contribution in [0.3, 0.4) is 0 Å². The maximum atomic E-state index is 5.46. The van der Waals surface area contributed by atoms with Crippen molar-refractivity contribution >= 4 is 22.6 Å². The van der Waals surface area contributed by atoms with Crippen molar-refractivity contribution in [3.63, 3.8) is 0 Å². The Bertz CT molecular complexity index is 467. The number of hydrogen-bond donors (Lipinski definition) is 1. The van der Waals surface area contributed by atoms with Crippen LogP contribution < -0.4 is 5.73 Å². The Balaban J connectivity index is 2.22. The van der Waals surface area contributed by atoms with Crippen LogP contribution in [-0.4, -0.2) is 21.5 Å². The van der Waals surface area contributed by atoms with Crippen molar-refractivity contribution in [3.8, 4) is 5.69 Å². The largest absolute Gasteiger partial charge is 0.330 e. The van der Waals surface area contributed by atoms with E-state index in [2.05, 4.69) is 39.0 Å². The summed E-state index contributed by atoms with van der Waals surface area (Å²) in [4.78, 5) is 0. The van der Waals surface area contributed by atoms with E-state index in [-0.39, 0.29) is 0 Å². The van der Waals surface area contributed by atoms with Gasteiger partial charge in [-0.25, -0.2) is 4.68 Å². The first-order chi connectivity index (χ1) is 7.81. The number of halogens is 1. The lowest BCUT2D eigenvalue weighted by molar-refractivity contribution is 0.777.